The minimum Gasteiger partial charge on any atom is -0.461 e. The molecule has 19 heavy (non-hydrogen) atoms. The van der Waals surface area contributed by atoms with Gasteiger partial charge in [-0.05, 0) is 13.0 Å². The molecule has 1 heterocycles. The third-order valence-corrected chi connectivity index (χ3v) is 2.80. The zero-order valence-electron chi connectivity index (χ0n) is 10.4. The Kier molecular flexibility index (Phi) is 3.69. The van der Waals surface area contributed by atoms with Crippen molar-refractivity contribution in [1.82, 2.24) is 4.57 Å². The van der Waals surface area contributed by atoms with Crippen LogP contribution in [0.4, 0.5) is 14.5 Å². The molecule has 0 radical (unpaired) electrons. The van der Waals surface area contributed by atoms with Gasteiger partial charge in [-0.1, -0.05) is 18.2 Å². The van der Waals surface area contributed by atoms with Crippen molar-refractivity contribution < 1.29 is 18.3 Å². The quantitative estimate of drug-likeness (QED) is 0.867. The van der Waals surface area contributed by atoms with Gasteiger partial charge in [0.25, 0.3) is 6.43 Å². The Morgan fingerprint density at radius 3 is 2.74 bits per heavy atom. The number of halogens is 2. The number of carbonyl (C=O) groups is 1. The lowest BCUT2D eigenvalue weighted by Crippen LogP contribution is -2.17. The highest BCUT2D eigenvalue weighted by molar-refractivity contribution is 6.06. The number of nitrogens with two attached hydrogens (primary N) is 1. The van der Waals surface area contributed by atoms with Crippen LogP contribution in [0.3, 0.4) is 0 Å². The smallest absolute Gasteiger partial charge is 0.357 e. The van der Waals surface area contributed by atoms with Crippen LogP contribution >= 0.6 is 0 Å². The number of fused-ring (bicyclic) bond motifs is 1. The zero-order chi connectivity index (χ0) is 14.0. The molecule has 0 aliphatic carbocycles. The maximum atomic E-state index is 12.7. The second-order valence-electron chi connectivity index (χ2n) is 4.00. The molecule has 0 aliphatic rings. The first kappa shape index (κ1) is 13.3. The molecule has 4 nitrogen and oxygen atoms in total. The van der Waals surface area contributed by atoms with E-state index in [1.807, 2.05) is 0 Å². The van der Waals surface area contributed by atoms with Gasteiger partial charge in [0.2, 0.25) is 0 Å². The third kappa shape index (κ3) is 2.38. The van der Waals surface area contributed by atoms with Crippen molar-refractivity contribution in [2.45, 2.75) is 19.9 Å². The van der Waals surface area contributed by atoms with Gasteiger partial charge in [-0.25, -0.2) is 13.6 Å². The van der Waals surface area contributed by atoms with E-state index < -0.39 is 18.9 Å². The summed E-state index contributed by atoms with van der Waals surface area (Å²) in [6, 6.07) is 6.78. The number of rotatable bonds is 4. The summed E-state index contributed by atoms with van der Waals surface area (Å²) in [5.41, 5.74) is 6.55. The van der Waals surface area contributed by atoms with Crippen LogP contribution in [0.15, 0.2) is 24.3 Å². The van der Waals surface area contributed by atoms with E-state index in [1.54, 1.807) is 31.2 Å². The van der Waals surface area contributed by atoms with Crippen molar-refractivity contribution in [2.24, 2.45) is 0 Å². The Bertz CT molecular complexity index is 608. The van der Waals surface area contributed by atoms with Crippen molar-refractivity contribution in [3.05, 3.63) is 30.0 Å². The molecular formula is C13H14F2N2O2. The molecule has 0 saturated carbocycles. The number of nitrogen functional groups attached to an aromatic ring is 1. The number of anilines is 1. The van der Waals surface area contributed by atoms with E-state index in [4.69, 9.17) is 10.5 Å². The van der Waals surface area contributed by atoms with Crippen LogP contribution in [0.25, 0.3) is 10.9 Å². The van der Waals surface area contributed by atoms with Gasteiger partial charge in [0.1, 0.15) is 0 Å². The van der Waals surface area contributed by atoms with Crippen molar-refractivity contribution in [3.8, 4) is 0 Å². The molecular weight excluding hydrogens is 254 g/mol. The van der Waals surface area contributed by atoms with Gasteiger partial charge >= 0.3 is 5.97 Å². The van der Waals surface area contributed by atoms with E-state index in [0.717, 1.165) is 0 Å². The lowest BCUT2D eigenvalue weighted by atomic mass is 10.2. The summed E-state index contributed by atoms with van der Waals surface area (Å²) in [7, 11) is 0. The first-order chi connectivity index (χ1) is 9.06. The molecule has 0 fully saturated rings. The number of aromatic nitrogens is 1. The largest absolute Gasteiger partial charge is 0.461 e. The predicted molar refractivity (Wildman–Crippen MR) is 68.3 cm³/mol. The van der Waals surface area contributed by atoms with Crippen molar-refractivity contribution in [1.29, 1.82) is 0 Å². The number of hydrogen-bond donors (Lipinski definition) is 1. The average Bonchev–Trinajstić information content (AvgIpc) is 2.63. The Morgan fingerprint density at radius 2 is 2.11 bits per heavy atom. The van der Waals surface area contributed by atoms with Crippen LogP contribution in [0.5, 0.6) is 0 Å². The Hall–Kier alpha value is -2.11. The second kappa shape index (κ2) is 5.26. The minimum atomic E-state index is -2.58. The highest BCUT2D eigenvalue weighted by atomic mass is 19.3. The summed E-state index contributed by atoms with van der Waals surface area (Å²) >= 11 is 0. The predicted octanol–water partition coefficient (Wildman–Crippen LogP) is 2.67. The molecule has 0 spiro atoms. The van der Waals surface area contributed by atoms with Gasteiger partial charge in [-0.15, -0.1) is 0 Å². The Morgan fingerprint density at radius 1 is 1.42 bits per heavy atom. The Labute approximate surface area is 108 Å². The SMILES string of the molecule is CCOC(=O)c1c(N)c2ccccc2n1CC(F)F. The fraction of sp³-hybridized carbons (Fsp3) is 0.308. The summed E-state index contributed by atoms with van der Waals surface area (Å²) < 4.78 is 31.4. The molecule has 0 amide bonds. The summed E-state index contributed by atoms with van der Waals surface area (Å²) in [6.45, 7) is 1.22. The zero-order valence-corrected chi connectivity index (χ0v) is 10.4. The molecule has 0 unspecified atom stereocenters. The molecule has 102 valence electrons. The number of hydrogen-bond acceptors (Lipinski definition) is 3. The van der Waals surface area contributed by atoms with Crippen LogP contribution in [0.2, 0.25) is 0 Å². The minimum absolute atomic E-state index is 0.0108. The number of nitrogens with zero attached hydrogens (tertiary/aromatic N) is 1. The topological polar surface area (TPSA) is 57.2 Å². The summed E-state index contributed by atoms with van der Waals surface area (Å²) in [5, 5.41) is 0.575. The van der Waals surface area contributed by atoms with Crippen LogP contribution in [-0.4, -0.2) is 23.6 Å². The van der Waals surface area contributed by atoms with Gasteiger partial charge in [0.05, 0.1) is 24.4 Å². The van der Waals surface area contributed by atoms with E-state index in [9.17, 15) is 13.6 Å². The number of ether oxygens (including phenoxy) is 1. The van der Waals surface area contributed by atoms with Gasteiger partial charge in [-0.2, -0.15) is 0 Å². The van der Waals surface area contributed by atoms with Crippen molar-refractivity contribution >= 4 is 22.6 Å². The molecule has 0 atom stereocenters. The lowest BCUT2D eigenvalue weighted by molar-refractivity contribution is 0.0509. The normalized spacial score (nSPS) is 11.2. The van der Waals surface area contributed by atoms with E-state index in [1.165, 1.54) is 4.57 Å². The molecule has 0 aliphatic heterocycles. The standard InChI is InChI=1S/C13H14F2N2O2/c1-2-19-13(18)12-11(16)8-5-3-4-6-9(8)17(12)7-10(14)15/h3-6,10H,2,7,16H2,1H3. The fourth-order valence-corrected chi connectivity index (χ4v) is 2.08. The molecule has 0 bridgehead atoms. The van der Waals surface area contributed by atoms with Gasteiger partial charge < -0.3 is 15.0 Å². The van der Waals surface area contributed by atoms with Gasteiger partial charge in [0, 0.05) is 5.39 Å². The van der Waals surface area contributed by atoms with E-state index in [-0.39, 0.29) is 18.0 Å². The number of benzene rings is 1. The van der Waals surface area contributed by atoms with Gasteiger partial charge in [0.15, 0.2) is 5.69 Å². The van der Waals surface area contributed by atoms with Crippen LogP contribution in [0, 0.1) is 0 Å². The number of para-hydroxylation sites is 1. The highest BCUT2D eigenvalue weighted by Gasteiger charge is 2.23. The van der Waals surface area contributed by atoms with Crippen molar-refractivity contribution in [3.63, 3.8) is 0 Å². The molecule has 1 aromatic carbocycles. The molecule has 2 N–H and O–H groups in total. The molecule has 0 saturated heterocycles. The molecule has 6 heteroatoms. The number of esters is 1. The summed E-state index contributed by atoms with van der Waals surface area (Å²) in [5.74, 6) is -0.683. The lowest BCUT2D eigenvalue weighted by Gasteiger charge is -2.09. The third-order valence-electron chi connectivity index (χ3n) is 2.80. The summed E-state index contributed by atoms with van der Waals surface area (Å²) in [4.78, 5) is 11.9. The number of alkyl halides is 2. The maximum Gasteiger partial charge on any atom is 0.357 e. The average molecular weight is 268 g/mol. The van der Waals surface area contributed by atoms with Crippen LogP contribution in [0.1, 0.15) is 17.4 Å². The molecule has 2 rings (SSSR count). The molecule has 1 aromatic heterocycles. The van der Waals surface area contributed by atoms with Crippen LogP contribution in [-0.2, 0) is 11.3 Å². The Balaban J connectivity index is 2.65. The van der Waals surface area contributed by atoms with Crippen molar-refractivity contribution in [2.75, 3.05) is 12.3 Å². The van der Waals surface area contributed by atoms with E-state index in [2.05, 4.69) is 0 Å². The number of carbonyl (C=O) groups excluding carboxylic acids is 1. The maximum absolute atomic E-state index is 12.7. The first-order valence-electron chi connectivity index (χ1n) is 5.88. The second-order valence-corrected chi connectivity index (χ2v) is 4.00. The first-order valence-corrected chi connectivity index (χ1v) is 5.88. The van der Waals surface area contributed by atoms with Crippen LogP contribution < -0.4 is 5.73 Å². The van der Waals surface area contributed by atoms with Gasteiger partial charge in [-0.3, -0.25) is 0 Å². The summed E-state index contributed by atoms with van der Waals surface area (Å²) in [6.07, 6.45) is -2.58. The molecule has 2 aromatic rings. The fourth-order valence-electron chi connectivity index (χ4n) is 2.08. The van der Waals surface area contributed by atoms with E-state index in [0.29, 0.717) is 10.9 Å². The highest BCUT2D eigenvalue weighted by Crippen LogP contribution is 2.29. The van der Waals surface area contributed by atoms with E-state index >= 15 is 0 Å². The monoisotopic (exact) mass is 268 g/mol.